The molecule has 1 aromatic carbocycles. The number of aliphatic imine (C=N–C) groups is 1. The molecule has 1 saturated heterocycles. The number of carbonyl (C=O) groups is 2. The van der Waals surface area contributed by atoms with Crippen LogP contribution in [0.15, 0.2) is 52.1 Å². The van der Waals surface area contributed by atoms with Crippen molar-refractivity contribution >= 4 is 23.8 Å². The minimum atomic E-state index is -0.376. The number of amidine groups is 1. The maximum absolute atomic E-state index is 12.9. The zero-order chi connectivity index (χ0) is 21.4. The Morgan fingerprint density at radius 1 is 1.32 bits per heavy atom. The van der Waals surface area contributed by atoms with Crippen molar-refractivity contribution in [1.82, 2.24) is 19.9 Å². The molecule has 9 heteroatoms. The topological polar surface area (TPSA) is 104 Å². The monoisotopic (exact) mass is 418 g/mol. The van der Waals surface area contributed by atoms with Crippen LogP contribution in [0.4, 0.5) is 5.69 Å². The summed E-state index contributed by atoms with van der Waals surface area (Å²) in [5.41, 5.74) is 2.39. The van der Waals surface area contributed by atoms with Crippen LogP contribution in [0.1, 0.15) is 23.8 Å². The molecule has 3 aliphatic rings. The lowest BCUT2D eigenvalue weighted by molar-refractivity contribution is -0.119. The van der Waals surface area contributed by atoms with E-state index in [0.717, 1.165) is 29.8 Å². The van der Waals surface area contributed by atoms with Gasteiger partial charge in [-0.3, -0.25) is 14.6 Å². The average Bonchev–Trinajstić information content (AvgIpc) is 3.53. The van der Waals surface area contributed by atoms with Gasteiger partial charge in [0.15, 0.2) is 0 Å². The third-order valence-corrected chi connectivity index (χ3v) is 5.85. The number of hydrogen-bond donors (Lipinski definition) is 1. The smallest absolute Gasteiger partial charge is 0.249 e. The summed E-state index contributed by atoms with van der Waals surface area (Å²) in [6, 6.07) is 5.31. The van der Waals surface area contributed by atoms with Gasteiger partial charge in [0.05, 0.1) is 12.5 Å². The molecule has 158 valence electrons. The summed E-state index contributed by atoms with van der Waals surface area (Å²) in [5.74, 6) is 1.73. The number of nitrogens with zero attached hydrogens (tertiary/aromatic N) is 5. The van der Waals surface area contributed by atoms with E-state index in [1.165, 1.54) is 0 Å². The predicted octanol–water partition coefficient (Wildman–Crippen LogP) is 2.10. The number of aryl methyl sites for hydroxylation is 1. The number of fused-ring (bicyclic) bond motifs is 1. The Hall–Kier alpha value is -3.75. The number of hydrogen-bond acceptors (Lipinski definition) is 7. The van der Waals surface area contributed by atoms with Gasteiger partial charge in [-0.15, -0.1) is 0 Å². The normalized spacial score (nSPS) is 21.9. The van der Waals surface area contributed by atoms with E-state index in [1.807, 2.05) is 54.5 Å². The van der Waals surface area contributed by atoms with Crippen molar-refractivity contribution in [3.63, 3.8) is 0 Å². The molecule has 4 heterocycles. The van der Waals surface area contributed by atoms with Gasteiger partial charge < -0.3 is 19.6 Å². The van der Waals surface area contributed by atoms with Crippen molar-refractivity contribution in [2.45, 2.75) is 25.3 Å². The lowest BCUT2D eigenvalue weighted by Gasteiger charge is -2.24. The Kier molecular flexibility index (Phi) is 4.85. The first-order chi connectivity index (χ1) is 15.1. The summed E-state index contributed by atoms with van der Waals surface area (Å²) >= 11 is 0. The van der Waals surface area contributed by atoms with Crippen LogP contribution in [0.5, 0.6) is 0 Å². The van der Waals surface area contributed by atoms with Gasteiger partial charge in [0.25, 0.3) is 0 Å². The molecule has 1 fully saturated rings. The van der Waals surface area contributed by atoms with E-state index in [1.54, 1.807) is 4.90 Å². The molecule has 0 bridgehead atoms. The number of anilines is 1. The molecule has 3 aliphatic heterocycles. The largest absolute Gasteiger partial charge is 0.344 e. The molecule has 9 nitrogen and oxygen atoms in total. The summed E-state index contributed by atoms with van der Waals surface area (Å²) < 4.78 is 5.46. The van der Waals surface area contributed by atoms with Crippen LogP contribution in [0.3, 0.4) is 0 Å². The molecular weight excluding hydrogens is 396 g/mol. The van der Waals surface area contributed by atoms with E-state index in [0.29, 0.717) is 37.0 Å². The van der Waals surface area contributed by atoms with E-state index < -0.39 is 0 Å². The van der Waals surface area contributed by atoms with E-state index in [4.69, 9.17) is 4.52 Å². The SMILES string of the molecule is Cc1ccc(-c2noc(C3CCN(C=O)C3)n2)cc1NC(=O)C1CN=C2C=CC=CN21. The summed E-state index contributed by atoms with van der Waals surface area (Å²) in [4.78, 5) is 36.4. The standard InChI is InChI=1S/C22H22N6O3/c1-14-5-6-15(20-25-22(31-26-20)16-7-9-27(12-16)13-29)10-17(14)24-21(30)18-11-23-19-4-2-3-8-28(18)19/h2-6,8,10,13,16,18H,7,9,11-12H2,1H3,(H,24,30). The molecule has 0 radical (unpaired) electrons. The Labute approximate surface area is 179 Å². The van der Waals surface area contributed by atoms with Gasteiger partial charge >= 0.3 is 0 Å². The van der Waals surface area contributed by atoms with E-state index in [2.05, 4.69) is 20.4 Å². The zero-order valence-electron chi connectivity index (χ0n) is 17.1. The second-order valence-corrected chi connectivity index (χ2v) is 7.88. The number of benzene rings is 1. The number of carbonyl (C=O) groups excluding carboxylic acids is 2. The molecule has 1 N–H and O–H groups in total. The van der Waals surface area contributed by atoms with Crippen molar-refractivity contribution in [2.75, 3.05) is 25.0 Å². The first-order valence-corrected chi connectivity index (χ1v) is 10.2. The fraction of sp³-hybridized carbons (Fsp3) is 0.318. The van der Waals surface area contributed by atoms with Crippen LogP contribution in [0.2, 0.25) is 0 Å². The van der Waals surface area contributed by atoms with Gasteiger partial charge in [-0.05, 0) is 37.1 Å². The molecule has 2 amide bonds. The van der Waals surface area contributed by atoms with Crippen LogP contribution in [-0.2, 0) is 9.59 Å². The van der Waals surface area contributed by atoms with E-state index >= 15 is 0 Å². The molecule has 1 aromatic heterocycles. The Morgan fingerprint density at radius 3 is 3.06 bits per heavy atom. The fourth-order valence-electron chi connectivity index (χ4n) is 4.04. The van der Waals surface area contributed by atoms with Gasteiger partial charge in [-0.25, -0.2) is 0 Å². The molecule has 0 saturated carbocycles. The minimum Gasteiger partial charge on any atom is -0.344 e. The van der Waals surface area contributed by atoms with Crippen LogP contribution in [0.25, 0.3) is 11.4 Å². The zero-order valence-corrected chi connectivity index (χ0v) is 17.1. The molecule has 2 aromatic rings. The highest BCUT2D eigenvalue weighted by molar-refractivity contribution is 6.04. The molecule has 2 unspecified atom stereocenters. The van der Waals surface area contributed by atoms with Gasteiger partial charge in [-0.1, -0.05) is 23.4 Å². The fourth-order valence-corrected chi connectivity index (χ4v) is 4.04. The average molecular weight is 418 g/mol. The number of allylic oxidation sites excluding steroid dienone is 2. The first kappa shape index (κ1) is 19.2. The maximum Gasteiger partial charge on any atom is 0.249 e. The van der Waals surface area contributed by atoms with Crippen molar-refractivity contribution in [1.29, 1.82) is 0 Å². The Balaban J connectivity index is 1.32. The number of rotatable bonds is 5. The van der Waals surface area contributed by atoms with Crippen LogP contribution in [-0.4, -0.2) is 63.8 Å². The molecular formula is C22H22N6O3. The third kappa shape index (κ3) is 3.63. The highest BCUT2D eigenvalue weighted by Crippen LogP contribution is 2.29. The van der Waals surface area contributed by atoms with Crippen LogP contribution in [0, 0.1) is 6.92 Å². The predicted molar refractivity (Wildman–Crippen MR) is 114 cm³/mol. The van der Waals surface area contributed by atoms with Gasteiger partial charge in [0.1, 0.15) is 11.9 Å². The quantitative estimate of drug-likeness (QED) is 0.746. The molecule has 0 spiro atoms. The van der Waals surface area contributed by atoms with E-state index in [9.17, 15) is 9.59 Å². The van der Waals surface area contributed by atoms with Crippen molar-refractivity contribution in [3.8, 4) is 11.4 Å². The molecule has 5 rings (SSSR count). The maximum atomic E-state index is 12.9. The summed E-state index contributed by atoms with van der Waals surface area (Å²) in [6.07, 6.45) is 9.22. The first-order valence-electron chi connectivity index (χ1n) is 10.2. The number of amides is 2. The minimum absolute atomic E-state index is 0.0549. The highest BCUT2D eigenvalue weighted by Gasteiger charge is 2.32. The Morgan fingerprint density at radius 2 is 2.23 bits per heavy atom. The summed E-state index contributed by atoms with van der Waals surface area (Å²) in [7, 11) is 0. The van der Waals surface area contributed by atoms with Gasteiger partial charge in [0.2, 0.25) is 24.0 Å². The summed E-state index contributed by atoms with van der Waals surface area (Å²) in [6.45, 7) is 3.64. The molecule has 0 aliphatic carbocycles. The Bertz CT molecular complexity index is 1120. The second kappa shape index (κ2) is 7.82. The molecule has 31 heavy (non-hydrogen) atoms. The second-order valence-electron chi connectivity index (χ2n) is 7.88. The van der Waals surface area contributed by atoms with Crippen LogP contribution >= 0.6 is 0 Å². The third-order valence-electron chi connectivity index (χ3n) is 5.85. The lowest BCUT2D eigenvalue weighted by Crippen LogP contribution is -2.41. The van der Waals surface area contributed by atoms with Crippen molar-refractivity contribution in [3.05, 3.63) is 54.1 Å². The van der Waals surface area contributed by atoms with Crippen molar-refractivity contribution < 1.29 is 14.1 Å². The van der Waals surface area contributed by atoms with Gasteiger partial charge in [-0.2, -0.15) is 4.98 Å². The number of likely N-dealkylation sites (tertiary alicyclic amines) is 1. The van der Waals surface area contributed by atoms with E-state index in [-0.39, 0.29) is 17.9 Å². The van der Waals surface area contributed by atoms with Gasteiger partial charge in [0, 0.05) is 30.5 Å². The lowest BCUT2D eigenvalue weighted by atomic mass is 10.1. The molecule has 2 atom stereocenters. The number of nitrogens with one attached hydrogen (secondary N) is 1. The van der Waals surface area contributed by atoms with Crippen molar-refractivity contribution in [2.24, 2.45) is 4.99 Å². The van der Waals surface area contributed by atoms with Crippen LogP contribution < -0.4 is 5.32 Å². The number of aromatic nitrogens is 2. The summed E-state index contributed by atoms with van der Waals surface area (Å²) in [5, 5.41) is 7.14. The highest BCUT2D eigenvalue weighted by atomic mass is 16.5.